The number of hydrogen-bond acceptors (Lipinski definition) is 3. The van der Waals surface area contributed by atoms with Gasteiger partial charge in [-0.15, -0.1) is 0 Å². The van der Waals surface area contributed by atoms with Crippen LogP contribution < -0.4 is 5.32 Å². The predicted molar refractivity (Wildman–Crippen MR) is 115 cm³/mol. The Morgan fingerprint density at radius 2 is 1.96 bits per heavy atom. The van der Waals surface area contributed by atoms with Gasteiger partial charge in [0.15, 0.2) is 5.96 Å². The van der Waals surface area contributed by atoms with E-state index in [0.717, 1.165) is 56.1 Å². The van der Waals surface area contributed by atoms with E-state index in [-0.39, 0.29) is 5.54 Å². The standard InChI is InChI=1S/C21H33BrN4O/c1-3-23-20(25(2)16-18-8-4-5-9-19(18)22)24-17-21(10-14-27-15-11-21)26-12-6-7-13-26/h4-5,8-9H,3,6-7,10-17H2,1-2H3,(H,23,24). The maximum Gasteiger partial charge on any atom is 0.194 e. The minimum Gasteiger partial charge on any atom is -0.381 e. The molecule has 2 aliphatic rings. The summed E-state index contributed by atoms with van der Waals surface area (Å²) in [7, 11) is 2.12. The minimum atomic E-state index is 0.170. The minimum absolute atomic E-state index is 0.170. The fraction of sp³-hybridized carbons (Fsp3) is 0.667. The topological polar surface area (TPSA) is 40.1 Å². The molecule has 5 nitrogen and oxygen atoms in total. The van der Waals surface area contributed by atoms with Gasteiger partial charge in [-0.2, -0.15) is 0 Å². The third-order valence-electron chi connectivity index (χ3n) is 5.79. The lowest BCUT2D eigenvalue weighted by Crippen LogP contribution is -2.54. The van der Waals surface area contributed by atoms with Gasteiger partial charge < -0.3 is 15.0 Å². The molecule has 0 atom stereocenters. The van der Waals surface area contributed by atoms with E-state index in [1.54, 1.807) is 0 Å². The first-order valence-electron chi connectivity index (χ1n) is 10.2. The second-order valence-corrected chi connectivity index (χ2v) is 8.50. The Kier molecular flexibility index (Phi) is 7.56. The summed E-state index contributed by atoms with van der Waals surface area (Å²) in [6, 6.07) is 8.40. The first-order valence-corrected chi connectivity index (χ1v) is 11.0. The number of likely N-dealkylation sites (tertiary alicyclic amines) is 1. The SMILES string of the molecule is CCNC(=NCC1(N2CCCC2)CCOCC1)N(C)Cc1ccccc1Br. The van der Waals surface area contributed by atoms with Gasteiger partial charge in [-0.3, -0.25) is 9.89 Å². The molecule has 1 aromatic carbocycles. The number of benzene rings is 1. The number of nitrogens with zero attached hydrogens (tertiary/aromatic N) is 3. The lowest BCUT2D eigenvalue weighted by Gasteiger charge is -2.43. The van der Waals surface area contributed by atoms with Crippen LogP contribution in [0.1, 0.15) is 38.2 Å². The van der Waals surface area contributed by atoms with Crippen LogP contribution in [0.5, 0.6) is 0 Å². The maximum atomic E-state index is 5.67. The average Bonchev–Trinajstić information content (AvgIpc) is 3.23. The van der Waals surface area contributed by atoms with Crippen molar-refractivity contribution >= 4 is 21.9 Å². The predicted octanol–water partition coefficient (Wildman–Crippen LogP) is 3.49. The second-order valence-electron chi connectivity index (χ2n) is 7.65. The van der Waals surface area contributed by atoms with Gasteiger partial charge >= 0.3 is 0 Å². The van der Waals surface area contributed by atoms with Crippen LogP contribution in [-0.2, 0) is 11.3 Å². The Bertz CT molecular complexity index is 624. The fourth-order valence-electron chi connectivity index (χ4n) is 4.17. The van der Waals surface area contributed by atoms with Crippen molar-refractivity contribution in [2.45, 2.75) is 44.7 Å². The molecule has 2 aliphatic heterocycles. The van der Waals surface area contributed by atoms with Crippen LogP contribution >= 0.6 is 15.9 Å². The van der Waals surface area contributed by atoms with E-state index in [1.807, 2.05) is 0 Å². The Morgan fingerprint density at radius 1 is 1.26 bits per heavy atom. The molecule has 2 saturated heterocycles. The summed E-state index contributed by atoms with van der Waals surface area (Å²) in [6.45, 7) is 8.81. The summed E-state index contributed by atoms with van der Waals surface area (Å²) < 4.78 is 6.82. The Labute approximate surface area is 172 Å². The van der Waals surface area contributed by atoms with Gasteiger partial charge in [0.25, 0.3) is 0 Å². The van der Waals surface area contributed by atoms with E-state index in [0.29, 0.717) is 0 Å². The molecule has 1 N–H and O–H groups in total. The van der Waals surface area contributed by atoms with Gasteiger partial charge in [-0.1, -0.05) is 34.1 Å². The molecular weight excluding hydrogens is 404 g/mol. The van der Waals surface area contributed by atoms with E-state index < -0.39 is 0 Å². The highest BCUT2D eigenvalue weighted by atomic mass is 79.9. The molecule has 2 heterocycles. The van der Waals surface area contributed by atoms with Gasteiger partial charge in [0, 0.05) is 43.4 Å². The molecule has 6 heteroatoms. The van der Waals surface area contributed by atoms with E-state index in [2.05, 4.69) is 69.3 Å². The molecule has 0 aliphatic carbocycles. The van der Waals surface area contributed by atoms with Crippen LogP contribution in [0.15, 0.2) is 33.7 Å². The van der Waals surface area contributed by atoms with E-state index in [4.69, 9.17) is 9.73 Å². The number of halogens is 1. The largest absolute Gasteiger partial charge is 0.381 e. The molecule has 0 radical (unpaired) electrons. The number of aliphatic imine (C=N–C) groups is 1. The summed E-state index contributed by atoms with van der Waals surface area (Å²) in [4.78, 5) is 10.00. The summed E-state index contributed by atoms with van der Waals surface area (Å²) in [6.07, 6.45) is 4.80. The van der Waals surface area contributed by atoms with Crippen molar-refractivity contribution in [2.24, 2.45) is 4.99 Å². The molecule has 1 aromatic rings. The molecule has 0 saturated carbocycles. The van der Waals surface area contributed by atoms with Crippen LogP contribution in [0.4, 0.5) is 0 Å². The van der Waals surface area contributed by atoms with Gasteiger partial charge in [-0.25, -0.2) is 0 Å². The van der Waals surface area contributed by atoms with Crippen LogP contribution in [0, 0.1) is 0 Å². The molecule has 0 spiro atoms. The monoisotopic (exact) mass is 436 g/mol. The molecular formula is C21H33BrN4O. The molecule has 3 rings (SSSR count). The number of rotatable bonds is 6. The van der Waals surface area contributed by atoms with Crippen molar-refractivity contribution in [2.75, 3.05) is 46.4 Å². The Balaban J connectivity index is 1.74. The second kappa shape index (κ2) is 9.89. The van der Waals surface area contributed by atoms with Crippen molar-refractivity contribution in [3.05, 3.63) is 34.3 Å². The fourth-order valence-corrected chi connectivity index (χ4v) is 4.58. The molecule has 150 valence electrons. The highest BCUT2D eigenvalue weighted by molar-refractivity contribution is 9.10. The lowest BCUT2D eigenvalue weighted by molar-refractivity contribution is -0.0139. The van der Waals surface area contributed by atoms with Crippen molar-refractivity contribution in [3.63, 3.8) is 0 Å². The number of ether oxygens (including phenoxy) is 1. The zero-order chi connectivity index (χ0) is 19.1. The Morgan fingerprint density at radius 3 is 2.63 bits per heavy atom. The molecule has 0 unspecified atom stereocenters. The third kappa shape index (κ3) is 5.24. The van der Waals surface area contributed by atoms with E-state index in [9.17, 15) is 0 Å². The summed E-state index contributed by atoms with van der Waals surface area (Å²) in [5.41, 5.74) is 1.44. The van der Waals surface area contributed by atoms with Gasteiger partial charge in [0.2, 0.25) is 0 Å². The zero-order valence-electron chi connectivity index (χ0n) is 16.7. The molecule has 0 aromatic heterocycles. The van der Waals surface area contributed by atoms with Crippen molar-refractivity contribution in [1.29, 1.82) is 0 Å². The normalized spacial score (nSPS) is 20.6. The highest BCUT2D eigenvalue weighted by Gasteiger charge is 2.39. The summed E-state index contributed by atoms with van der Waals surface area (Å²) in [5.74, 6) is 0.985. The molecule has 27 heavy (non-hydrogen) atoms. The van der Waals surface area contributed by atoms with Crippen LogP contribution in [0.25, 0.3) is 0 Å². The van der Waals surface area contributed by atoms with Crippen LogP contribution in [0.3, 0.4) is 0 Å². The van der Waals surface area contributed by atoms with Gasteiger partial charge in [-0.05, 0) is 57.3 Å². The van der Waals surface area contributed by atoms with Gasteiger partial charge in [0.1, 0.15) is 0 Å². The Hall–Kier alpha value is -1.11. The molecule has 0 amide bonds. The van der Waals surface area contributed by atoms with Crippen molar-refractivity contribution in [1.82, 2.24) is 15.1 Å². The zero-order valence-corrected chi connectivity index (χ0v) is 18.3. The average molecular weight is 437 g/mol. The molecule has 2 fully saturated rings. The first kappa shape index (κ1) is 20.6. The van der Waals surface area contributed by atoms with E-state index in [1.165, 1.54) is 31.5 Å². The number of nitrogens with one attached hydrogen (secondary N) is 1. The van der Waals surface area contributed by atoms with Crippen molar-refractivity contribution < 1.29 is 4.74 Å². The van der Waals surface area contributed by atoms with Crippen LogP contribution in [-0.4, -0.2) is 67.7 Å². The maximum absolute atomic E-state index is 5.67. The molecule has 0 bridgehead atoms. The van der Waals surface area contributed by atoms with Gasteiger partial charge in [0.05, 0.1) is 6.54 Å². The third-order valence-corrected chi connectivity index (χ3v) is 6.56. The highest BCUT2D eigenvalue weighted by Crippen LogP contribution is 2.31. The number of hydrogen-bond donors (Lipinski definition) is 1. The lowest BCUT2D eigenvalue weighted by atomic mass is 9.88. The summed E-state index contributed by atoms with van der Waals surface area (Å²) >= 11 is 3.66. The first-order chi connectivity index (χ1) is 13.1. The quantitative estimate of drug-likeness (QED) is 0.547. The van der Waals surface area contributed by atoms with Crippen molar-refractivity contribution in [3.8, 4) is 0 Å². The smallest absolute Gasteiger partial charge is 0.194 e. The number of guanidine groups is 1. The van der Waals surface area contributed by atoms with Crippen LogP contribution in [0.2, 0.25) is 0 Å². The van der Waals surface area contributed by atoms with E-state index >= 15 is 0 Å². The summed E-state index contributed by atoms with van der Waals surface area (Å²) in [5, 5.41) is 3.48.